The fourth-order valence-electron chi connectivity index (χ4n) is 9.46. The summed E-state index contributed by atoms with van der Waals surface area (Å²) in [6, 6.07) is 47.7. The van der Waals surface area contributed by atoms with Crippen LogP contribution in [0.4, 0.5) is 0 Å². The molecule has 0 radical (unpaired) electrons. The van der Waals surface area contributed by atoms with Crippen molar-refractivity contribution in [1.82, 2.24) is 14.1 Å². The SMILES string of the molecule is C1=Cc2c(n(-c3ccc(-n4c5c(c6cc(-c7ccc8oc9ccccc9c8c7)ccc64)C=CC5)nc3)c3ccc(-c4ccc5oc6ccccc6c5c4)cc23)C1. The zero-order chi connectivity index (χ0) is 36.5. The van der Waals surface area contributed by atoms with Gasteiger partial charge in [-0.3, -0.25) is 4.57 Å². The van der Waals surface area contributed by atoms with Crippen molar-refractivity contribution in [3.63, 3.8) is 0 Å². The van der Waals surface area contributed by atoms with Gasteiger partial charge < -0.3 is 13.4 Å². The van der Waals surface area contributed by atoms with E-state index in [0.29, 0.717) is 0 Å². The summed E-state index contributed by atoms with van der Waals surface area (Å²) in [5.74, 6) is 0.929. The van der Waals surface area contributed by atoms with Crippen molar-refractivity contribution < 1.29 is 8.83 Å². The molecule has 0 aliphatic heterocycles. The lowest BCUT2D eigenvalue weighted by Gasteiger charge is -2.13. The van der Waals surface area contributed by atoms with E-state index in [2.05, 4.69) is 143 Å². The summed E-state index contributed by atoms with van der Waals surface area (Å²) in [7, 11) is 0. The van der Waals surface area contributed by atoms with Crippen LogP contribution >= 0.6 is 0 Å². The van der Waals surface area contributed by atoms with Crippen molar-refractivity contribution in [2.75, 3.05) is 0 Å². The van der Waals surface area contributed by atoms with Crippen molar-refractivity contribution >= 4 is 77.8 Å². The number of fused-ring (bicyclic) bond motifs is 12. The number of benzene rings is 6. The maximum atomic E-state index is 6.12. The van der Waals surface area contributed by atoms with Gasteiger partial charge in [0.15, 0.2) is 0 Å². The highest BCUT2D eigenvalue weighted by atomic mass is 16.3. The summed E-state index contributed by atoms with van der Waals surface area (Å²) in [4.78, 5) is 5.16. The highest BCUT2D eigenvalue weighted by Crippen LogP contribution is 2.41. The zero-order valence-corrected chi connectivity index (χ0v) is 30.2. The molecule has 2 aliphatic carbocycles. The molecule has 0 fully saturated rings. The predicted molar refractivity (Wildman–Crippen MR) is 229 cm³/mol. The number of allylic oxidation sites excluding steroid dienone is 2. The Morgan fingerprint density at radius 3 is 1.46 bits per heavy atom. The lowest BCUT2D eigenvalue weighted by atomic mass is 10.0. The van der Waals surface area contributed by atoms with Gasteiger partial charge in [0.05, 0.1) is 22.9 Å². The van der Waals surface area contributed by atoms with Gasteiger partial charge in [0, 0.05) is 67.7 Å². The van der Waals surface area contributed by atoms with E-state index in [-0.39, 0.29) is 0 Å². The van der Waals surface area contributed by atoms with Gasteiger partial charge in [0.1, 0.15) is 28.1 Å². The van der Waals surface area contributed by atoms with E-state index < -0.39 is 0 Å². The van der Waals surface area contributed by atoms with E-state index in [1.165, 1.54) is 66.6 Å². The molecule has 262 valence electrons. The fraction of sp³-hybridized carbons (Fsp3) is 0.0392. The molecule has 0 atom stereocenters. The van der Waals surface area contributed by atoms with Crippen LogP contribution in [0.2, 0.25) is 0 Å². The molecular weight excluding hydrogens is 687 g/mol. The molecule has 5 aromatic heterocycles. The first-order chi connectivity index (χ1) is 27.7. The highest BCUT2D eigenvalue weighted by molar-refractivity contribution is 6.08. The van der Waals surface area contributed by atoms with Crippen molar-refractivity contribution in [3.8, 4) is 33.8 Å². The fourth-order valence-corrected chi connectivity index (χ4v) is 9.46. The third-order valence-electron chi connectivity index (χ3n) is 12.0. The Morgan fingerprint density at radius 1 is 0.429 bits per heavy atom. The minimum atomic E-state index is 0.878. The lowest BCUT2D eigenvalue weighted by molar-refractivity contribution is 0.668. The third-order valence-corrected chi connectivity index (χ3v) is 12.0. The summed E-state index contributed by atoms with van der Waals surface area (Å²) < 4.78 is 17.0. The van der Waals surface area contributed by atoms with Gasteiger partial charge in [-0.25, -0.2) is 4.98 Å². The second kappa shape index (κ2) is 11.1. The summed E-state index contributed by atoms with van der Waals surface area (Å²) >= 11 is 0. The Hall–Kier alpha value is -7.37. The van der Waals surface area contributed by atoms with E-state index in [1.54, 1.807) is 0 Å². The van der Waals surface area contributed by atoms with Gasteiger partial charge >= 0.3 is 0 Å². The van der Waals surface area contributed by atoms with Crippen molar-refractivity contribution in [3.05, 3.63) is 174 Å². The number of hydrogen-bond acceptors (Lipinski definition) is 3. The molecule has 0 spiro atoms. The molecule has 5 nitrogen and oxygen atoms in total. The molecule has 0 bridgehead atoms. The van der Waals surface area contributed by atoms with E-state index in [0.717, 1.165) is 68.2 Å². The molecule has 0 amide bonds. The van der Waals surface area contributed by atoms with Crippen LogP contribution in [0, 0.1) is 0 Å². The molecule has 2 aliphatic rings. The lowest BCUT2D eigenvalue weighted by Crippen LogP contribution is -2.04. The Kier molecular flexibility index (Phi) is 5.94. The minimum absolute atomic E-state index is 0.878. The van der Waals surface area contributed by atoms with Gasteiger partial charge in [-0.05, 0) is 95.1 Å². The number of nitrogens with zero attached hydrogens (tertiary/aromatic N) is 3. The molecule has 0 N–H and O–H groups in total. The Morgan fingerprint density at radius 2 is 0.911 bits per heavy atom. The highest BCUT2D eigenvalue weighted by Gasteiger charge is 2.23. The van der Waals surface area contributed by atoms with Crippen LogP contribution < -0.4 is 0 Å². The Labute approximate surface area is 320 Å². The molecule has 11 aromatic rings. The van der Waals surface area contributed by atoms with Gasteiger partial charge in [0.2, 0.25) is 0 Å². The normalized spacial score (nSPS) is 13.4. The Bertz CT molecular complexity index is 3290. The van der Waals surface area contributed by atoms with Crippen LogP contribution in [0.15, 0.2) is 161 Å². The van der Waals surface area contributed by atoms with Gasteiger partial charge in [-0.1, -0.05) is 85.0 Å². The first-order valence-corrected chi connectivity index (χ1v) is 19.2. The molecule has 6 aromatic carbocycles. The van der Waals surface area contributed by atoms with E-state index in [1.807, 2.05) is 30.5 Å². The average Bonchev–Trinajstić information content (AvgIpc) is 4.10. The zero-order valence-electron chi connectivity index (χ0n) is 30.2. The second-order valence-electron chi connectivity index (χ2n) is 15.1. The molecule has 5 heteroatoms. The summed E-state index contributed by atoms with van der Waals surface area (Å²) in [6.07, 6.45) is 12.9. The summed E-state index contributed by atoms with van der Waals surface area (Å²) in [5.41, 5.74) is 17.0. The maximum Gasteiger partial charge on any atom is 0.137 e. The number of furan rings is 2. The van der Waals surface area contributed by atoms with Crippen LogP contribution in [0.1, 0.15) is 22.5 Å². The topological polar surface area (TPSA) is 49.0 Å². The minimum Gasteiger partial charge on any atom is -0.456 e. The van der Waals surface area contributed by atoms with Gasteiger partial charge in [-0.2, -0.15) is 0 Å². The van der Waals surface area contributed by atoms with Crippen LogP contribution in [0.5, 0.6) is 0 Å². The first kappa shape index (κ1) is 30.0. The van der Waals surface area contributed by atoms with Gasteiger partial charge in [-0.15, -0.1) is 0 Å². The number of rotatable bonds is 4. The average molecular weight is 718 g/mol. The third kappa shape index (κ3) is 4.17. The van der Waals surface area contributed by atoms with E-state index >= 15 is 0 Å². The largest absolute Gasteiger partial charge is 0.456 e. The molecule has 56 heavy (non-hydrogen) atoms. The van der Waals surface area contributed by atoms with Gasteiger partial charge in [0.25, 0.3) is 0 Å². The molecule has 13 rings (SSSR count). The summed E-state index contributed by atoms with van der Waals surface area (Å²) in [5, 5.41) is 7.07. The monoisotopic (exact) mass is 717 g/mol. The number of hydrogen-bond donors (Lipinski definition) is 0. The van der Waals surface area contributed by atoms with Crippen LogP contribution in [-0.2, 0) is 12.8 Å². The first-order valence-electron chi connectivity index (χ1n) is 19.2. The quantitative estimate of drug-likeness (QED) is 0.182. The van der Waals surface area contributed by atoms with Crippen molar-refractivity contribution in [1.29, 1.82) is 0 Å². The molecule has 0 saturated heterocycles. The van der Waals surface area contributed by atoms with Crippen molar-refractivity contribution in [2.45, 2.75) is 12.8 Å². The predicted octanol–water partition coefficient (Wildman–Crippen LogP) is 13.2. The summed E-state index contributed by atoms with van der Waals surface area (Å²) in [6.45, 7) is 0. The van der Waals surface area contributed by atoms with Crippen LogP contribution in [-0.4, -0.2) is 14.1 Å². The molecule has 5 heterocycles. The number of pyridine rings is 1. The van der Waals surface area contributed by atoms with Crippen LogP contribution in [0.3, 0.4) is 0 Å². The smallest absolute Gasteiger partial charge is 0.137 e. The number of para-hydroxylation sites is 2. The molecular formula is C51H31N3O2. The van der Waals surface area contributed by atoms with Crippen LogP contribution in [0.25, 0.3) is 112 Å². The second-order valence-corrected chi connectivity index (χ2v) is 15.1. The number of aromatic nitrogens is 3. The standard InChI is InChI=1S/C51H31N3O2/c1-3-13-47-37(7-1)41-27-32(17-22-49(41)55-47)30-15-20-45-39(25-30)35-9-5-11-43(35)53(45)34-19-24-51(52-29-34)54-44-12-6-10-36(44)40-26-31(16-21-46(40)54)33-18-23-50-42(28-33)38-8-2-4-14-48(38)56-50/h1-10,13-29H,11-12H2. The van der Waals surface area contributed by atoms with Crippen molar-refractivity contribution in [2.24, 2.45) is 0 Å². The maximum absolute atomic E-state index is 6.12. The molecule has 0 unspecified atom stereocenters. The van der Waals surface area contributed by atoms with E-state index in [4.69, 9.17) is 13.8 Å². The Balaban J connectivity index is 0.884. The van der Waals surface area contributed by atoms with E-state index in [9.17, 15) is 0 Å². The molecule has 0 saturated carbocycles.